The lowest BCUT2D eigenvalue weighted by Gasteiger charge is -2.33. The smallest absolute Gasteiger partial charge is 0.250 e. The lowest BCUT2D eigenvalue weighted by molar-refractivity contribution is -0.111. The third kappa shape index (κ3) is 4.54. The highest BCUT2D eigenvalue weighted by molar-refractivity contribution is 7.15. The van der Waals surface area contributed by atoms with E-state index < -0.39 is 0 Å². The number of amides is 1. The Bertz CT molecular complexity index is 787. The van der Waals surface area contributed by atoms with E-state index in [1.165, 1.54) is 23.1 Å². The molecule has 1 aromatic carbocycles. The van der Waals surface area contributed by atoms with Gasteiger partial charge in [-0.3, -0.25) is 10.1 Å². The molecule has 1 unspecified atom stereocenters. The van der Waals surface area contributed by atoms with Gasteiger partial charge in [-0.1, -0.05) is 32.9 Å². The molecule has 0 aliphatic heterocycles. The Hall–Kier alpha value is -2.01. The van der Waals surface area contributed by atoms with Crippen molar-refractivity contribution in [3.8, 4) is 0 Å². The second-order valence-electron chi connectivity index (χ2n) is 7.57. The van der Waals surface area contributed by atoms with Gasteiger partial charge in [0.15, 0.2) is 5.13 Å². The summed E-state index contributed by atoms with van der Waals surface area (Å²) in [6, 6.07) is 6.01. The molecule has 1 aliphatic carbocycles. The molecule has 0 bridgehead atoms. The van der Waals surface area contributed by atoms with Gasteiger partial charge in [0.2, 0.25) is 5.91 Å². The number of anilines is 1. The van der Waals surface area contributed by atoms with Crippen LogP contribution in [0.25, 0.3) is 6.08 Å². The first-order valence-electron chi connectivity index (χ1n) is 8.54. The van der Waals surface area contributed by atoms with Gasteiger partial charge in [0.05, 0.1) is 5.69 Å². The quantitative estimate of drug-likeness (QED) is 0.777. The zero-order chi connectivity index (χ0) is 18.0. The van der Waals surface area contributed by atoms with Crippen molar-refractivity contribution in [3.05, 3.63) is 52.3 Å². The Kier molecular flexibility index (Phi) is 5.04. The number of hydrogen-bond acceptors (Lipinski definition) is 3. The molecule has 0 radical (unpaired) electrons. The average molecular weight is 358 g/mol. The molecule has 0 saturated carbocycles. The maximum Gasteiger partial charge on any atom is 0.250 e. The fourth-order valence-corrected chi connectivity index (χ4v) is 4.15. The Morgan fingerprint density at radius 1 is 1.32 bits per heavy atom. The highest BCUT2D eigenvalue weighted by Crippen LogP contribution is 2.40. The highest BCUT2D eigenvalue weighted by atomic mass is 32.1. The number of fused-ring (bicyclic) bond motifs is 1. The number of hydrogen-bond donors (Lipinski definition) is 1. The summed E-state index contributed by atoms with van der Waals surface area (Å²) in [5, 5.41) is 3.50. The fraction of sp³-hybridized carbons (Fsp3) is 0.400. The minimum absolute atomic E-state index is 0.220. The summed E-state index contributed by atoms with van der Waals surface area (Å²) in [6.45, 7) is 6.85. The van der Waals surface area contributed by atoms with Crippen molar-refractivity contribution in [2.75, 3.05) is 5.32 Å². The lowest BCUT2D eigenvalue weighted by atomic mass is 9.73. The van der Waals surface area contributed by atoms with E-state index in [1.807, 2.05) is 0 Å². The Balaban J connectivity index is 1.63. The van der Waals surface area contributed by atoms with E-state index >= 15 is 0 Å². The van der Waals surface area contributed by atoms with Crippen LogP contribution in [0.5, 0.6) is 0 Å². The van der Waals surface area contributed by atoms with Crippen LogP contribution in [0.4, 0.5) is 9.52 Å². The molecule has 1 aromatic heterocycles. The molecule has 0 fully saturated rings. The molecule has 1 heterocycles. The molecule has 132 valence electrons. The van der Waals surface area contributed by atoms with Gasteiger partial charge in [-0.05, 0) is 54.4 Å². The number of nitrogens with one attached hydrogen (secondary N) is 1. The van der Waals surface area contributed by atoms with E-state index in [1.54, 1.807) is 29.5 Å². The van der Waals surface area contributed by atoms with Crippen molar-refractivity contribution in [3.63, 3.8) is 0 Å². The number of rotatable bonds is 3. The molecule has 0 saturated heterocycles. The molecule has 1 atom stereocenters. The first kappa shape index (κ1) is 17.8. The van der Waals surface area contributed by atoms with Crippen LogP contribution in [0.2, 0.25) is 0 Å². The van der Waals surface area contributed by atoms with Crippen LogP contribution in [0.3, 0.4) is 0 Å². The maximum atomic E-state index is 12.9. The number of halogens is 1. The van der Waals surface area contributed by atoms with E-state index in [0.717, 1.165) is 30.5 Å². The third-order valence-electron chi connectivity index (χ3n) is 4.69. The van der Waals surface area contributed by atoms with Gasteiger partial charge in [0.1, 0.15) is 5.82 Å². The van der Waals surface area contributed by atoms with Crippen molar-refractivity contribution in [1.29, 1.82) is 0 Å². The van der Waals surface area contributed by atoms with Gasteiger partial charge in [-0.25, -0.2) is 9.37 Å². The molecular formula is C20H23FN2OS. The fourth-order valence-electron chi connectivity index (χ4n) is 3.06. The number of aromatic nitrogens is 1. The first-order chi connectivity index (χ1) is 11.8. The zero-order valence-corrected chi connectivity index (χ0v) is 15.6. The van der Waals surface area contributed by atoms with Crippen molar-refractivity contribution in [2.45, 2.75) is 40.0 Å². The van der Waals surface area contributed by atoms with E-state index in [4.69, 9.17) is 0 Å². The molecular weight excluding hydrogens is 335 g/mol. The summed E-state index contributed by atoms with van der Waals surface area (Å²) in [5.41, 5.74) is 2.20. The van der Waals surface area contributed by atoms with Gasteiger partial charge in [-0.2, -0.15) is 0 Å². The van der Waals surface area contributed by atoms with Gasteiger partial charge < -0.3 is 0 Å². The molecule has 1 amide bonds. The van der Waals surface area contributed by atoms with E-state index in [9.17, 15) is 9.18 Å². The molecule has 3 nitrogen and oxygen atoms in total. The first-order valence-corrected chi connectivity index (χ1v) is 9.36. The Morgan fingerprint density at radius 2 is 2.04 bits per heavy atom. The van der Waals surface area contributed by atoms with Crippen molar-refractivity contribution < 1.29 is 9.18 Å². The second-order valence-corrected chi connectivity index (χ2v) is 8.65. The molecule has 1 aliphatic rings. The van der Waals surface area contributed by atoms with Crippen molar-refractivity contribution >= 4 is 28.5 Å². The molecule has 3 rings (SSSR count). The van der Waals surface area contributed by atoms with Crippen LogP contribution in [0.1, 0.15) is 43.3 Å². The summed E-state index contributed by atoms with van der Waals surface area (Å²) in [6.07, 6.45) is 6.29. The van der Waals surface area contributed by atoms with Crippen LogP contribution in [0, 0.1) is 17.2 Å². The summed E-state index contributed by atoms with van der Waals surface area (Å²) < 4.78 is 12.9. The summed E-state index contributed by atoms with van der Waals surface area (Å²) in [7, 11) is 0. The van der Waals surface area contributed by atoms with E-state index in [0.29, 0.717) is 16.5 Å². The van der Waals surface area contributed by atoms with Crippen molar-refractivity contribution in [2.24, 2.45) is 11.3 Å². The highest BCUT2D eigenvalue weighted by Gasteiger charge is 2.30. The lowest BCUT2D eigenvalue weighted by Crippen LogP contribution is -2.26. The minimum Gasteiger partial charge on any atom is -0.298 e. The summed E-state index contributed by atoms with van der Waals surface area (Å²) >= 11 is 1.58. The molecule has 0 spiro atoms. The Labute approximate surface area is 152 Å². The number of benzene rings is 1. The second kappa shape index (κ2) is 7.08. The number of aryl methyl sites for hydroxylation is 1. The number of carbonyl (C=O) groups excluding carboxylic acids is 1. The predicted molar refractivity (Wildman–Crippen MR) is 101 cm³/mol. The zero-order valence-electron chi connectivity index (χ0n) is 14.8. The number of carbonyl (C=O) groups is 1. The van der Waals surface area contributed by atoms with E-state index in [2.05, 4.69) is 31.1 Å². The molecule has 25 heavy (non-hydrogen) atoms. The number of thiazole rings is 1. The van der Waals surface area contributed by atoms with Gasteiger partial charge in [0.25, 0.3) is 0 Å². The predicted octanol–water partition coefficient (Wildman–Crippen LogP) is 5.09. The van der Waals surface area contributed by atoms with E-state index in [-0.39, 0.29) is 11.7 Å². The molecule has 1 N–H and O–H groups in total. The third-order valence-corrected chi connectivity index (χ3v) is 5.73. The number of nitrogens with zero attached hydrogens (tertiary/aromatic N) is 1. The van der Waals surface area contributed by atoms with Gasteiger partial charge in [-0.15, -0.1) is 11.3 Å². The summed E-state index contributed by atoms with van der Waals surface area (Å²) in [5.74, 6) is 0.147. The van der Waals surface area contributed by atoms with Crippen LogP contribution in [-0.4, -0.2) is 10.9 Å². The van der Waals surface area contributed by atoms with Crippen LogP contribution < -0.4 is 5.32 Å². The molecule has 2 aromatic rings. The summed E-state index contributed by atoms with van der Waals surface area (Å²) in [4.78, 5) is 18.0. The Morgan fingerprint density at radius 3 is 2.72 bits per heavy atom. The van der Waals surface area contributed by atoms with Crippen LogP contribution >= 0.6 is 11.3 Å². The van der Waals surface area contributed by atoms with Crippen LogP contribution in [0.15, 0.2) is 30.3 Å². The molecule has 5 heteroatoms. The van der Waals surface area contributed by atoms with Crippen molar-refractivity contribution in [1.82, 2.24) is 4.98 Å². The standard InChI is InChI=1S/C20H23FN2OS/c1-20(2,3)14-7-10-16-17(12-14)25-19(22-16)23-18(24)11-6-13-4-8-15(21)9-5-13/h4-6,8-9,11,14H,7,10,12H2,1-3H3,(H,22,23,24)/b11-6+. The monoisotopic (exact) mass is 358 g/mol. The van der Waals surface area contributed by atoms with Gasteiger partial charge in [0, 0.05) is 11.0 Å². The maximum absolute atomic E-state index is 12.9. The normalized spacial score (nSPS) is 17.5. The minimum atomic E-state index is -0.288. The average Bonchev–Trinajstić information content (AvgIpc) is 2.94. The topological polar surface area (TPSA) is 42.0 Å². The SMILES string of the molecule is CC(C)(C)C1CCc2nc(NC(=O)/C=C/c3ccc(F)cc3)sc2C1. The largest absolute Gasteiger partial charge is 0.298 e. The van der Waals surface area contributed by atoms with Gasteiger partial charge >= 0.3 is 0 Å². The van der Waals surface area contributed by atoms with Crippen LogP contribution in [-0.2, 0) is 17.6 Å².